The smallest absolute Gasteiger partial charge is 0.127 e. The third-order valence-electron chi connectivity index (χ3n) is 4.87. The molecule has 1 aromatic heterocycles. The zero-order chi connectivity index (χ0) is 18.8. The van der Waals surface area contributed by atoms with Gasteiger partial charge in [-0.15, -0.1) is 0 Å². The molecule has 0 unspecified atom stereocenters. The highest BCUT2D eigenvalue weighted by molar-refractivity contribution is 5.82. The average molecular weight is 365 g/mol. The Morgan fingerprint density at radius 2 is 1.89 bits per heavy atom. The molecular formula is C22H24FN3O. The lowest BCUT2D eigenvalue weighted by Crippen LogP contribution is -2.45. The fourth-order valence-corrected chi connectivity index (χ4v) is 3.69. The summed E-state index contributed by atoms with van der Waals surface area (Å²) in [6.07, 6.45) is 3.93. The van der Waals surface area contributed by atoms with Crippen LogP contribution >= 0.6 is 0 Å². The summed E-state index contributed by atoms with van der Waals surface area (Å²) in [6.45, 7) is 6.28. The number of hydrogen-bond acceptors (Lipinski definition) is 4. The fraction of sp³-hybridized carbons (Fsp3) is 0.318. The number of pyridine rings is 1. The molecule has 0 amide bonds. The Morgan fingerprint density at radius 3 is 2.70 bits per heavy atom. The van der Waals surface area contributed by atoms with Crippen molar-refractivity contribution in [1.29, 1.82) is 0 Å². The summed E-state index contributed by atoms with van der Waals surface area (Å²) < 4.78 is 20.0. The molecule has 2 heterocycles. The maximum absolute atomic E-state index is 14.2. The predicted octanol–water partition coefficient (Wildman–Crippen LogP) is 4.60. The highest BCUT2D eigenvalue weighted by Crippen LogP contribution is 2.26. The summed E-state index contributed by atoms with van der Waals surface area (Å²) in [7, 11) is 0. The minimum Gasteiger partial charge on any atom is -0.381 e. The molecule has 1 N–H and O–H groups in total. The van der Waals surface area contributed by atoms with Gasteiger partial charge in [-0.05, 0) is 55.1 Å². The molecule has 27 heavy (non-hydrogen) atoms. The van der Waals surface area contributed by atoms with Crippen LogP contribution in [-0.4, -0.2) is 30.3 Å². The first-order valence-corrected chi connectivity index (χ1v) is 9.34. The molecule has 0 radical (unpaired) electrons. The molecule has 1 fully saturated rings. The van der Waals surface area contributed by atoms with E-state index in [4.69, 9.17) is 4.74 Å². The molecular weight excluding hydrogens is 341 g/mol. The van der Waals surface area contributed by atoms with Gasteiger partial charge in [0.15, 0.2) is 0 Å². The first kappa shape index (κ1) is 17.7. The van der Waals surface area contributed by atoms with E-state index < -0.39 is 0 Å². The number of halogens is 1. The van der Waals surface area contributed by atoms with E-state index in [0.717, 1.165) is 40.8 Å². The van der Waals surface area contributed by atoms with Gasteiger partial charge in [-0.3, -0.25) is 4.98 Å². The second kappa shape index (κ2) is 7.53. The van der Waals surface area contributed by atoms with Crippen molar-refractivity contribution in [1.82, 2.24) is 4.98 Å². The maximum Gasteiger partial charge on any atom is 0.127 e. The number of rotatable bonds is 4. The van der Waals surface area contributed by atoms with Crippen LogP contribution in [0.1, 0.15) is 19.4 Å². The van der Waals surface area contributed by atoms with E-state index in [1.54, 1.807) is 18.3 Å². The molecule has 0 bridgehead atoms. The number of nitrogens with zero attached hydrogens (tertiary/aromatic N) is 2. The molecule has 5 heteroatoms. The van der Waals surface area contributed by atoms with Crippen molar-refractivity contribution in [2.75, 3.05) is 23.3 Å². The van der Waals surface area contributed by atoms with Crippen LogP contribution in [0.25, 0.3) is 10.8 Å². The average Bonchev–Trinajstić information content (AvgIpc) is 2.65. The Kier molecular flexibility index (Phi) is 4.94. The molecule has 3 aromatic rings. The second-order valence-electron chi connectivity index (χ2n) is 7.27. The lowest BCUT2D eigenvalue weighted by molar-refractivity contribution is -0.00523. The van der Waals surface area contributed by atoms with Crippen molar-refractivity contribution >= 4 is 22.1 Å². The van der Waals surface area contributed by atoms with Gasteiger partial charge in [0.05, 0.1) is 12.2 Å². The van der Waals surface area contributed by atoms with Gasteiger partial charge in [0.25, 0.3) is 0 Å². The number of aromatic nitrogens is 1. The minimum atomic E-state index is -0.230. The van der Waals surface area contributed by atoms with E-state index in [1.165, 1.54) is 0 Å². The van der Waals surface area contributed by atoms with Gasteiger partial charge in [0, 0.05) is 48.8 Å². The van der Waals surface area contributed by atoms with E-state index >= 15 is 0 Å². The third-order valence-corrected chi connectivity index (χ3v) is 4.87. The third kappa shape index (κ3) is 4.19. The van der Waals surface area contributed by atoms with Gasteiger partial charge < -0.3 is 15.0 Å². The quantitative estimate of drug-likeness (QED) is 0.733. The summed E-state index contributed by atoms with van der Waals surface area (Å²) in [5, 5.41) is 5.62. The van der Waals surface area contributed by atoms with Crippen LogP contribution in [0.15, 0.2) is 54.9 Å². The van der Waals surface area contributed by atoms with E-state index in [1.807, 2.05) is 18.3 Å². The number of benzene rings is 2. The summed E-state index contributed by atoms with van der Waals surface area (Å²) in [6, 6.07) is 13.4. The van der Waals surface area contributed by atoms with Crippen LogP contribution in [0, 0.1) is 5.82 Å². The number of nitrogens with one attached hydrogen (secondary N) is 1. The molecule has 0 saturated carbocycles. The standard InChI is InChI=1S/C22H24FN3O/c1-15-13-26(14-16(2)27-15)22-9-20(23)8-21(10-22)25-11-17-3-4-19-12-24-6-5-18(19)7-17/h3-10,12,15-16,25H,11,13-14H2,1-2H3/t15-,16+. The highest BCUT2D eigenvalue weighted by Gasteiger charge is 2.23. The Labute approximate surface area is 159 Å². The van der Waals surface area contributed by atoms with Crippen molar-refractivity contribution in [3.8, 4) is 0 Å². The number of fused-ring (bicyclic) bond motifs is 1. The second-order valence-corrected chi connectivity index (χ2v) is 7.27. The van der Waals surface area contributed by atoms with Gasteiger partial charge in [-0.1, -0.05) is 12.1 Å². The zero-order valence-corrected chi connectivity index (χ0v) is 15.7. The van der Waals surface area contributed by atoms with Crippen LogP contribution in [0.5, 0.6) is 0 Å². The highest BCUT2D eigenvalue weighted by atomic mass is 19.1. The van der Waals surface area contributed by atoms with Crippen molar-refractivity contribution < 1.29 is 9.13 Å². The lowest BCUT2D eigenvalue weighted by Gasteiger charge is -2.37. The molecule has 2 aromatic carbocycles. The normalized spacial score (nSPS) is 20.0. The van der Waals surface area contributed by atoms with Crippen molar-refractivity contribution in [2.24, 2.45) is 0 Å². The molecule has 2 atom stereocenters. The van der Waals surface area contributed by atoms with Crippen LogP contribution in [0.4, 0.5) is 15.8 Å². The number of morpholine rings is 1. The fourth-order valence-electron chi connectivity index (χ4n) is 3.69. The molecule has 1 aliphatic rings. The van der Waals surface area contributed by atoms with Crippen molar-refractivity contribution in [3.63, 3.8) is 0 Å². The first-order valence-electron chi connectivity index (χ1n) is 9.34. The largest absolute Gasteiger partial charge is 0.381 e. The predicted molar refractivity (Wildman–Crippen MR) is 108 cm³/mol. The Hall–Kier alpha value is -2.66. The Morgan fingerprint density at radius 1 is 1.07 bits per heavy atom. The molecule has 0 aliphatic carbocycles. The number of hydrogen-bond donors (Lipinski definition) is 1. The molecule has 0 spiro atoms. The first-order chi connectivity index (χ1) is 13.1. The van der Waals surface area contributed by atoms with E-state index in [-0.39, 0.29) is 18.0 Å². The Bertz CT molecular complexity index is 936. The monoisotopic (exact) mass is 365 g/mol. The lowest BCUT2D eigenvalue weighted by atomic mass is 10.1. The van der Waals surface area contributed by atoms with Gasteiger partial charge in [0.2, 0.25) is 0 Å². The van der Waals surface area contributed by atoms with E-state index in [9.17, 15) is 4.39 Å². The van der Waals surface area contributed by atoms with E-state index in [2.05, 4.69) is 47.2 Å². The van der Waals surface area contributed by atoms with Gasteiger partial charge >= 0.3 is 0 Å². The molecule has 140 valence electrons. The topological polar surface area (TPSA) is 37.4 Å². The molecule has 1 aliphatic heterocycles. The number of ether oxygens (including phenoxy) is 1. The van der Waals surface area contributed by atoms with Crippen molar-refractivity contribution in [3.05, 3.63) is 66.2 Å². The molecule has 1 saturated heterocycles. The summed E-state index contributed by atoms with van der Waals surface area (Å²) in [5.41, 5.74) is 2.82. The minimum absolute atomic E-state index is 0.139. The van der Waals surface area contributed by atoms with E-state index in [0.29, 0.717) is 6.54 Å². The van der Waals surface area contributed by atoms with Crippen LogP contribution in [0.2, 0.25) is 0 Å². The zero-order valence-electron chi connectivity index (χ0n) is 15.7. The Balaban J connectivity index is 1.50. The summed E-state index contributed by atoms with van der Waals surface area (Å²) in [5.74, 6) is -0.230. The number of anilines is 2. The van der Waals surface area contributed by atoms with Gasteiger partial charge in [-0.2, -0.15) is 0 Å². The molecule has 4 rings (SSSR count). The summed E-state index contributed by atoms with van der Waals surface area (Å²) in [4.78, 5) is 6.33. The van der Waals surface area contributed by atoms with Crippen LogP contribution in [-0.2, 0) is 11.3 Å². The van der Waals surface area contributed by atoms with Crippen molar-refractivity contribution in [2.45, 2.75) is 32.6 Å². The summed E-state index contributed by atoms with van der Waals surface area (Å²) >= 11 is 0. The van der Waals surface area contributed by atoms with Crippen LogP contribution in [0.3, 0.4) is 0 Å². The SMILES string of the molecule is C[C@@H]1CN(c2cc(F)cc(NCc3ccc4cnccc4c3)c2)C[C@H](C)O1. The maximum atomic E-state index is 14.2. The van der Waals surface area contributed by atoms with Crippen LogP contribution < -0.4 is 10.2 Å². The van der Waals surface area contributed by atoms with Gasteiger partial charge in [-0.25, -0.2) is 4.39 Å². The van der Waals surface area contributed by atoms with Gasteiger partial charge in [0.1, 0.15) is 5.82 Å². The molecule has 4 nitrogen and oxygen atoms in total.